The normalized spacial score (nSPS) is 17.0. The van der Waals surface area contributed by atoms with Gasteiger partial charge in [0.05, 0.1) is 17.7 Å². The second kappa shape index (κ2) is 8.36. The van der Waals surface area contributed by atoms with Gasteiger partial charge in [0.2, 0.25) is 5.95 Å². The number of nitrogens with zero attached hydrogens (tertiary/aromatic N) is 3. The number of benzene rings is 1. The minimum absolute atomic E-state index is 0.00981. The van der Waals surface area contributed by atoms with E-state index in [4.69, 9.17) is 16.3 Å². The monoisotopic (exact) mass is 374 g/mol. The van der Waals surface area contributed by atoms with Gasteiger partial charge in [0, 0.05) is 30.7 Å². The fourth-order valence-electron chi connectivity index (χ4n) is 3.23. The summed E-state index contributed by atoms with van der Waals surface area (Å²) in [5.41, 5.74) is 1.26. The lowest BCUT2D eigenvalue weighted by molar-refractivity contribution is 0.0607. The topological polar surface area (TPSA) is 67.4 Å². The van der Waals surface area contributed by atoms with Crippen molar-refractivity contribution < 1.29 is 9.53 Å². The van der Waals surface area contributed by atoms with Crippen LogP contribution >= 0.6 is 11.6 Å². The standard InChI is InChI=1S/C19H23ClN4O2/c1-3-15-6-4-5-9-24(15)18(25)13-11-21-19(22-12-13)23-14-7-8-17(26-2)16(20)10-14/h7-8,10-12,15H,3-6,9H2,1-2H3,(H,21,22,23). The molecule has 2 heterocycles. The maximum atomic E-state index is 12.7. The third-order valence-corrected chi connectivity index (χ3v) is 4.96. The zero-order chi connectivity index (χ0) is 18.5. The lowest BCUT2D eigenvalue weighted by Crippen LogP contribution is -2.43. The SMILES string of the molecule is CCC1CCCCN1C(=O)c1cnc(Nc2ccc(OC)c(Cl)c2)nc1. The van der Waals surface area contributed by atoms with E-state index in [1.807, 2.05) is 11.0 Å². The van der Waals surface area contributed by atoms with Gasteiger partial charge < -0.3 is 15.0 Å². The lowest BCUT2D eigenvalue weighted by Gasteiger charge is -2.35. The summed E-state index contributed by atoms with van der Waals surface area (Å²) in [6, 6.07) is 5.65. The molecule has 0 radical (unpaired) electrons. The molecule has 1 aliphatic heterocycles. The minimum Gasteiger partial charge on any atom is -0.495 e. The first-order valence-electron chi connectivity index (χ1n) is 8.86. The average Bonchev–Trinajstić information content (AvgIpc) is 2.68. The van der Waals surface area contributed by atoms with Gasteiger partial charge in [-0.05, 0) is 43.9 Å². The molecule has 1 atom stereocenters. The van der Waals surface area contributed by atoms with Crippen LogP contribution in [0.25, 0.3) is 0 Å². The molecule has 1 N–H and O–H groups in total. The number of piperidine rings is 1. The molecule has 2 aromatic rings. The molecule has 6 nitrogen and oxygen atoms in total. The van der Waals surface area contributed by atoms with E-state index in [1.54, 1.807) is 31.6 Å². The predicted molar refractivity (Wildman–Crippen MR) is 102 cm³/mol. The molecule has 1 saturated heterocycles. The summed E-state index contributed by atoms with van der Waals surface area (Å²) < 4.78 is 5.13. The van der Waals surface area contributed by atoms with E-state index in [9.17, 15) is 4.79 Å². The van der Waals surface area contributed by atoms with E-state index in [1.165, 1.54) is 6.42 Å². The van der Waals surface area contributed by atoms with Crippen LogP contribution in [-0.4, -0.2) is 40.5 Å². The van der Waals surface area contributed by atoms with Crippen molar-refractivity contribution in [1.29, 1.82) is 0 Å². The van der Waals surface area contributed by atoms with Gasteiger partial charge in [0.25, 0.3) is 5.91 Å². The summed E-state index contributed by atoms with van der Waals surface area (Å²) >= 11 is 6.12. The molecule has 0 aliphatic carbocycles. The highest BCUT2D eigenvalue weighted by Crippen LogP contribution is 2.28. The fraction of sp³-hybridized carbons (Fsp3) is 0.421. The molecule has 26 heavy (non-hydrogen) atoms. The van der Waals surface area contributed by atoms with Crippen LogP contribution in [0.5, 0.6) is 5.75 Å². The van der Waals surface area contributed by atoms with Gasteiger partial charge >= 0.3 is 0 Å². The second-order valence-corrected chi connectivity index (χ2v) is 6.73. The van der Waals surface area contributed by atoms with Gasteiger partial charge in [-0.3, -0.25) is 4.79 Å². The average molecular weight is 375 g/mol. The van der Waals surface area contributed by atoms with Crippen LogP contribution < -0.4 is 10.1 Å². The van der Waals surface area contributed by atoms with E-state index in [0.29, 0.717) is 28.3 Å². The van der Waals surface area contributed by atoms with Crippen molar-refractivity contribution in [3.63, 3.8) is 0 Å². The molecule has 1 amide bonds. The Bertz CT molecular complexity index is 767. The van der Waals surface area contributed by atoms with E-state index in [0.717, 1.165) is 31.5 Å². The zero-order valence-electron chi connectivity index (χ0n) is 15.0. The third-order valence-electron chi connectivity index (χ3n) is 4.67. The highest BCUT2D eigenvalue weighted by Gasteiger charge is 2.26. The van der Waals surface area contributed by atoms with Gasteiger partial charge in [-0.25, -0.2) is 9.97 Å². The molecule has 1 fully saturated rings. The number of likely N-dealkylation sites (tertiary alicyclic amines) is 1. The van der Waals surface area contributed by atoms with Crippen LogP contribution in [0, 0.1) is 0 Å². The van der Waals surface area contributed by atoms with E-state index >= 15 is 0 Å². The molecule has 0 bridgehead atoms. The van der Waals surface area contributed by atoms with Gasteiger partial charge in [0.15, 0.2) is 0 Å². The number of halogens is 1. The first-order chi connectivity index (χ1) is 12.6. The van der Waals surface area contributed by atoms with E-state index < -0.39 is 0 Å². The Morgan fingerprint density at radius 2 is 2.12 bits per heavy atom. The van der Waals surface area contributed by atoms with Gasteiger partial charge in [-0.1, -0.05) is 18.5 Å². The van der Waals surface area contributed by atoms with E-state index in [2.05, 4.69) is 22.2 Å². The first-order valence-corrected chi connectivity index (χ1v) is 9.23. The number of aromatic nitrogens is 2. The van der Waals surface area contributed by atoms with Gasteiger partial charge in [-0.2, -0.15) is 0 Å². The highest BCUT2D eigenvalue weighted by molar-refractivity contribution is 6.32. The van der Waals surface area contributed by atoms with Crippen molar-refractivity contribution in [2.75, 3.05) is 19.0 Å². The molecule has 1 aromatic carbocycles. The molecule has 3 rings (SSSR count). The number of carbonyl (C=O) groups excluding carboxylic acids is 1. The number of rotatable bonds is 5. The van der Waals surface area contributed by atoms with Crippen molar-refractivity contribution >= 4 is 29.1 Å². The number of nitrogens with one attached hydrogen (secondary N) is 1. The van der Waals surface area contributed by atoms with Crippen molar-refractivity contribution in [3.8, 4) is 5.75 Å². The molecular weight excluding hydrogens is 352 g/mol. The Labute approximate surface area is 158 Å². The molecule has 0 spiro atoms. The fourth-order valence-corrected chi connectivity index (χ4v) is 3.49. The van der Waals surface area contributed by atoms with Crippen molar-refractivity contribution in [1.82, 2.24) is 14.9 Å². The number of carbonyl (C=O) groups is 1. The van der Waals surface area contributed by atoms with Gasteiger partial charge in [-0.15, -0.1) is 0 Å². The zero-order valence-corrected chi connectivity index (χ0v) is 15.8. The number of ether oxygens (including phenoxy) is 1. The molecule has 138 valence electrons. The van der Waals surface area contributed by atoms with Crippen LogP contribution in [0.3, 0.4) is 0 Å². The number of anilines is 2. The van der Waals surface area contributed by atoms with Crippen LogP contribution in [0.1, 0.15) is 43.0 Å². The predicted octanol–water partition coefficient (Wildman–Crippen LogP) is 4.29. The number of hydrogen-bond donors (Lipinski definition) is 1. The number of methoxy groups -OCH3 is 1. The first kappa shape index (κ1) is 18.5. The summed E-state index contributed by atoms with van der Waals surface area (Å²) in [5, 5.41) is 3.57. The number of amides is 1. The Kier molecular flexibility index (Phi) is 5.93. The molecule has 1 aromatic heterocycles. The summed E-state index contributed by atoms with van der Waals surface area (Å²) in [7, 11) is 1.57. The van der Waals surface area contributed by atoms with Crippen molar-refractivity contribution in [2.24, 2.45) is 0 Å². The molecule has 0 saturated carbocycles. The third kappa shape index (κ3) is 4.07. The Hall–Kier alpha value is -2.34. The molecule has 1 aliphatic rings. The van der Waals surface area contributed by atoms with E-state index in [-0.39, 0.29) is 5.91 Å². The maximum absolute atomic E-state index is 12.7. The summed E-state index contributed by atoms with van der Waals surface area (Å²) in [6.45, 7) is 2.93. The van der Waals surface area contributed by atoms with Crippen LogP contribution in [-0.2, 0) is 0 Å². The van der Waals surface area contributed by atoms with Crippen LogP contribution in [0.2, 0.25) is 5.02 Å². The Balaban J connectivity index is 1.70. The molecule has 7 heteroatoms. The van der Waals surface area contributed by atoms with Crippen LogP contribution in [0.4, 0.5) is 11.6 Å². The van der Waals surface area contributed by atoms with Crippen LogP contribution in [0.15, 0.2) is 30.6 Å². The Morgan fingerprint density at radius 1 is 1.35 bits per heavy atom. The van der Waals surface area contributed by atoms with Gasteiger partial charge in [0.1, 0.15) is 5.75 Å². The summed E-state index contributed by atoms with van der Waals surface area (Å²) in [4.78, 5) is 23.2. The second-order valence-electron chi connectivity index (χ2n) is 6.33. The number of hydrogen-bond acceptors (Lipinski definition) is 5. The molecule has 1 unspecified atom stereocenters. The summed E-state index contributed by atoms with van der Waals surface area (Å²) in [5.74, 6) is 1.02. The maximum Gasteiger partial charge on any atom is 0.257 e. The quantitative estimate of drug-likeness (QED) is 0.845. The molecular formula is C19H23ClN4O2. The largest absolute Gasteiger partial charge is 0.495 e. The highest BCUT2D eigenvalue weighted by atomic mass is 35.5. The smallest absolute Gasteiger partial charge is 0.257 e. The lowest BCUT2D eigenvalue weighted by atomic mass is 9.99. The minimum atomic E-state index is 0.00981. The van der Waals surface area contributed by atoms with Crippen molar-refractivity contribution in [3.05, 3.63) is 41.2 Å². The summed E-state index contributed by atoms with van der Waals surface area (Å²) in [6.07, 6.45) is 7.44. The van der Waals surface area contributed by atoms with Crippen molar-refractivity contribution in [2.45, 2.75) is 38.6 Å². The Morgan fingerprint density at radius 3 is 2.77 bits per heavy atom.